The minimum Gasteiger partial charge on any atom is -0.196 e. The van der Waals surface area contributed by atoms with Crippen molar-refractivity contribution in [2.45, 2.75) is 34.6 Å². The van der Waals surface area contributed by atoms with Gasteiger partial charge in [0, 0.05) is 17.4 Å². The molecular formula is C19H22Cr-2. The van der Waals surface area contributed by atoms with Gasteiger partial charge >= 0.3 is 0 Å². The molecule has 0 atom stereocenters. The fourth-order valence-electron chi connectivity index (χ4n) is 2.48. The third-order valence-electron chi connectivity index (χ3n) is 4.36. The van der Waals surface area contributed by atoms with Crippen LogP contribution in [-0.2, 0) is 17.4 Å². The van der Waals surface area contributed by atoms with E-state index in [1.165, 1.54) is 38.6 Å². The van der Waals surface area contributed by atoms with Crippen molar-refractivity contribution in [2.24, 2.45) is 0 Å². The van der Waals surface area contributed by atoms with Crippen molar-refractivity contribution < 1.29 is 17.4 Å². The Morgan fingerprint density at radius 1 is 0.750 bits per heavy atom. The Bertz CT molecular complexity index is 573. The monoisotopic (exact) mass is 302 g/mol. The zero-order chi connectivity index (χ0) is 14.0. The molecule has 3 rings (SSSR count). The van der Waals surface area contributed by atoms with Gasteiger partial charge in [-0.25, -0.2) is 0 Å². The van der Waals surface area contributed by atoms with Crippen molar-refractivity contribution in [3.63, 3.8) is 0 Å². The van der Waals surface area contributed by atoms with Gasteiger partial charge in [0.25, 0.3) is 0 Å². The number of rotatable bonds is 0. The maximum atomic E-state index is 2.20. The van der Waals surface area contributed by atoms with Crippen LogP contribution in [0.3, 0.4) is 0 Å². The zero-order valence-corrected chi connectivity index (χ0v) is 14.2. The molecule has 0 bridgehead atoms. The molecule has 0 saturated heterocycles. The molecular weight excluding hydrogens is 280 g/mol. The van der Waals surface area contributed by atoms with Crippen molar-refractivity contribution in [1.82, 2.24) is 0 Å². The number of hydrogen-bond donors (Lipinski definition) is 0. The van der Waals surface area contributed by atoms with Crippen LogP contribution in [0.25, 0.3) is 10.8 Å². The molecule has 0 spiro atoms. The number of fused-ring (bicyclic) bond motifs is 1. The summed E-state index contributed by atoms with van der Waals surface area (Å²) in [5.74, 6) is 0. The number of benzene rings is 1. The van der Waals surface area contributed by atoms with Crippen molar-refractivity contribution in [2.75, 3.05) is 0 Å². The summed E-state index contributed by atoms with van der Waals surface area (Å²) in [5.41, 5.74) is 7.34. The molecule has 106 valence electrons. The van der Waals surface area contributed by atoms with Crippen LogP contribution in [0, 0.1) is 34.6 Å². The van der Waals surface area contributed by atoms with Crippen LogP contribution in [0.5, 0.6) is 0 Å². The molecule has 0 aliphatic carbocycles. The topological polar surface area (TPSA) is 0 Å². The minimum absolute atomic E-state index is 0. The fourth-order valence-corrected chi connectivity index (χ4v) is 2.48. The Labute approximate surface area is 133 Å². The summed E-state index contributed by atoms with van der Waals surface area (Å²) in [6.45, 7) is 11.0. The molecule has 0 unspecified atom stereocenters. The Morgan fingerprint density at radius 2 is 1.25 bits per heavy atom. The first-order valence-corrected chi connectivity index (χ1v) is 6.82. The summed E-state index contributed by atoms with van der Waals surface area (Å²) in [7, 11) is 0. The molecule has 0 fully saturated rings. The van der Waals surface area contributed by atoms with Crippen LogP contribution in [0.1, 0.15) is 27.8 Å². The summed E-state index contributed by atoms with van der Waals surface area (Å²) in [5, 5.41) is 2.66. The second kappa shape index (κ2) is 6.93. The Hall–Kier alpha value is -1.29. The van der Waals surface area contributed by atoms with Crippen molar-refractivity contribution in [1.29, 1.82) is 0 Å². The van der Waals surface area contributed by atoms with Gasteiger partial charge in [0.2, 0.25) is 0 Å². The summed E-state index contributed by atoms with van der Waals surface area (Å²) >= 11 is 0. The summed E-state index contributed by atoms with van der Waals surface area (Å²) in [4.78, 5) is 0. The van der Waals surface area contributed by atoms with E-state index >= 15 is 0 Å². The van der Waals surface area contributed by atoms with Gasteiger partial charge in [0.15, 0.2) is 0 Å². The molecule has 0 aromatic heterocycles. The van der Waals surface area contributed by atoms with E-state index in [0.29, 0.717) is 0 Å². The molecule has 0 aliphatic heterocycles. The van der Waals surface area contributed by atoms with Gasteiger partial charge in [0.05, 0.1) is 0 Å². The first-order chi connectivity index (χ1) is 9.02. The van der Waals surface area contributed by atoms with Crippen molar-refractivity contribution in [3.8, 4) is 0 Å². The van der Waals surface area contributed by atoms with Gasteiger partial charge in [-0.3, -0.25) is 0 Å². The maximum Gasteiger partial charge on any atom is 0 e. The maximum absolute atomic E-state index is 2.20. The van der Waals surface area contributed by atoms with E-state index in [9.17, 15) is 0 Å². The second-order valence-corrected chi connectivity index (χ2v) is 5.28. The molecule has 0 heterocycles. The molecule has 20 heavy (non-hydrogen) atoms. The molecule has 0 radical (unpaired) electrons. The van der Waals surface area contributed by atoms with Crippen LogP contribution >= 0.6 is 0 Å². The van der Waals surface area contributed by atoms with E-state index < -0.39 is 0 Å². The van der Waals surface area contributed by atoms with Crippen LogP contribution in [-0.4, -0.2) is 0 Å². The van der Waals surface area contributed by atoms with Gasteiger partial charge < -0.3 is 0 Å². The first-order valence-electron chi connectivity index (χ1n) is 6.82. The normalized spacial score (nSPS) is 9.85. The van der Waals surface area contributed by atoms with Crippen LogP contribution in [0.2, 0.25) is 0 Å². The molecule has 0 N–H and O–H groups in total. The van der Waals surface area contributed by atoms with Gasteiger partial charge in [-0.1, -0.05) is 40.0 Å². The van der Waals surface area contributed by atoms with E-state index in [-0.39, 0.29) is 17.4 Å². The third kappa shape index (κ3) is 3.24. The Kier molecular flexibility index (Phi) is 5.81. The van der Waals surface area contributed by atoms with Gasteiger partial charge in [-0.05, 0) is 0 Å². The average Bonchev–Trinajstić information content (AvgIpc) is 2.97. The molecule has 3 aromatic carbocycles. The van der Waals surface area contributed by atoms with Crippen molar-refractivity contribution in [3.05, 3.63) is 70.3 Å². The largest absolute Gasteiger partial charge is 0.196 e. The zero-order valence-electron chi connectivity index (χ0n) is 12.9. The van der Waals surface area contributed by atoms with Crippen LogP contribution in [0.15, 0.2) is 42.5 Å². The average molecular weight is 302 g/mol. The molecule has 0 saturated carbocycles. The van der Waals surface area contributed by atoms with E-state index in [4.69, 9.17) is 0 Å². The Balaban J connectivity index is 0.000000191. The van der Waals surface area contributed by atoms with Crippen LogP contribution in [0.4, 0.5) is 0 Å². The minimum atomic E-state index is 0. The molecule has 3 aromatic rings. The van der Waals surface area contributed by atoms with E-state index in [1.807, 2.05) is 0 Å². The van der Waals surface area contributed by atoms with Gasteiger partial charge in [0.1, 0.15) is 0 Å². The van der Waals surface area contributed by atoms with E-state index in [2.05, 4.69) is 77.1 Å². The predicted molar refractivity (Wildman–Crippen MR) is 85.3 cm³/mol. The summed E-state index contributed by atoms with van der Waals surface area (Å²) < 4.78 is 0. The SMILES string of the molecule is Cc1c(C)c(C)[c-](C)c1C.[Cr].c1cc[c-]2cccc2c1. The van der Waals surface area contributed by atoms with E-state index in [1.54, 1.807) is 0 Å². The molecule has 1 heteroatoms. The van der Waals surface area contributed by atoms with Crippen molar-refractivity contribution >= 4 is 10.8 Å². The van der Waals surface area contributed by atoms with Gasteiger partial charge in [-0.15, -0.1) is 35.7 Å². The summed E-state index contributed by atoms with van der Waals surface area (Å²) in [6.07, 6.45) is 0. The first kappa shape index (κ1) is 16.8. The smallest absolute Gasteiger partial charge is 0 e. The van der Waals surface area contributed by atoms with Crippen LogP contribution < -0.4 is 0 Å². The third-order valence-corrected chi connectivity index (χ3v) is 4.36. The number of hydrogen-bond acceptors (Lipinski definition) is 0. The molecule has 0 amide bonds. The molecule has 0 aliphatic rings. The quantitative estimate of drug-likeness (QED) is 0.481. The fraction of sp³-hybridized carbons (Fsp3) is 0.263. The Morgan fingerprint density at radius 3 is 1.70 bits per heavy atom. The second-order valence-electron chi connectivity index (χ2n) is 5.28. The summed E-state index contributed by atoms with van der Waals surface area (Å²) in [6, 6.07) is 14.7. The van der Waals surface area contributed by atoms with Gasteiger partial charge in [-0.2, -0.15) is 39.9 Å². The van der Waals surface area contributed by atoms with E-state index in [0.717, 1.165) is 0 Å². The molecule has 0 nitrogen and oxygen atoms in total. The predicted octanol–water partition coefficient (Wildman–Crippen LogP) is 5.50. The standard InChI is InChI=1S/C10H15.C9H7.Cr/c1-6-7(2)9(4)10(5)8(6)3;1-2-5-9-7-3-6-8(9)4-1;/h1-5H3;1-7H;/q2*-1;.